The number of benzene rings is 1. The SMILES string of the molecule is CC(C)CCC[C@@H](C)[C@H]1CC=C2[C@H](OCc3ccccc3)CCC[C@@]21C. The minimum atomic E-state index is 0.335. The second-order valence-electron chi connectivity index (χ2n) is 9.40. The van der Waals surface area contributed by atoms with E-state index in [1.807, 2.05) is 0 Å². The van der Waals surface area contributed by atoms with Gasteiger partial charge in [0.2, 0.25) is 0 Å². The molecule has 0 N–H and O–H groups in total. The minimum absolute atomic E-state index is 0.335. The van der Waals surface area contributed by atoms with Gasteiger partial charge in [-0.1, -0.05) is 83.4 Å². The first-order valence-electron chi connectivity index (χ1n) is 10.9. The average Bonchev–Trinajstić information content (AvgIpc) is 2.98. The first-order valence-corrected chi connectivity index (χ1v) is 10.9. The predicted octanol–water partition coefficient (Wildman–Crippen LogP) is 7.17. The molecule has 1 heteroatoms. The molecular formula is C25H38O. The summed E-state index contributed by atoms with van der Waals surface area (Å²) in [7, 11) is 0. The molecule has 2 aliphatic carbocycles. The third-order valence-corrected chi connectivity index (χ3v) is 7.00. The maximum Gasteiger partial charge on any atom is 0.0795 e. The van der Waals surface area contributed by atoms with Gasteiger partial charge in [-0.15, -0.1) is 0 Å². The standard InChI is InChI=1S/C25H38O/c1-19(2)10-8-11-20(3)22-15-16-23-24(14-9-17-25(22,23)4)26-18-21-12-6-5-7-13-21/h5-7,12-13,16,19-20,22,24H,8-11,14-15,17-18H2,1-4H3/t20-,22-,24-,25-/m1/s1. The summed E-state index contributed by atoms with van der Waals surface area (Å²) >= 11 is 0. The molecule has 0 unspecified atom stereocenters. The highest BCUT2D eigenvalue weighted by Gasteiger charge is 2.47. The van der Waals surface area contributed by atoms with Crippen LogP contribution in [0.1, 0.15) is 78.2 Å². The van der Waals surface area contributed by atoms with Gasteiger partial charge in [0.25, 0.3) is 0 Å². The summed E-state index contributed by atoms with van der Waals surface area (Å²) in [5.41, 5.74) is 3.29. The number of hydrogen-bond acceptors (Lipinski definition) is 1. The molecule has 0 aromatic heterocycles. The topological polar surface area (TPSA) is 9.23 Å². The van der Waals surface area contributed by atoms with Gasteiger partial charge in [0.1, 0.15) is 0 Å². The number of hydrogen-bond donors (Lipinski definition) is 0. The first kappa shape index (κ1) is 19.7. The van der Waals surface area contributed by atoms with Crippen molar-refractivity contribution in [2.24, 2.45) is 23.2 Å². The number of rotatable bonds is 8. The van der Waals surface area contributed by atoms with E-state index >= 15 is 0 Å². The van der Waals surface area contributed by atoms with E-state index in [2.05, 4.69) is 64.1 Å². The Kier molecular flexibility index (Phi) is 6.61. The van der Waals surface area contributed by atoms with Crippen molar-refractivity contribution < 1.29 is 4.74 Å². The van der Waals surface area contributed by atoms with Crippen LogP contribution >= 0.6 is 0 Å². The molecule has 144 valence electrons. The summed E-state index contributed by atoms with van der Waals surface area (Å²) in [6.45, 7) is 10.5. The van der Waals surface area contributed by atoms with Crippen LogP contribution in [0, 0.1) is 23.2 Å². The average molecular weight is 355 g/mol. The maximum atomic E-state index is 6.42. The molecule has 0 bridgehead atoms. The third kappa shape index (κ3) is 4.42. The highest BCUT2D eigenvalue weighted by atomic mass is 16.5. The highest BCUT2D eigenvalue weighted by Crippen LogP contribution is 2.55. The van der Waals surface area contributed by atoms with Gasteiger partial charge in [0.15, 0.2) is 0 Å². The quantitative estimate of drug-likeness (QED) is 0.450. The Morgan fingerprint density at radius 3 is 2.62 bits per heavy atom. The second kappa shape index (κ2) is 8.74. The smallest absolute Gasteiger partial charge is 0.0795 e. The zero-order chi connectivity index (χ0) is 18.6. The van der Waals surface area contributed by atoms with E-state index in [0.29, 0.717) is 11.5 Å². The number of fused-ring (bicyclic) bond motifs is 1. The van der Waals surface area contributed by atoms with Crippen LogP contribution in [0.2, 0.25) is 0 Å². The molecule has 1 aromatic carbocycles. The van der Waals surface area contributed by atoms with E-state index < -0.39 is 0 Å². The van der Waals surface area contributed by atoms with Crippen LogP contribution in [0.5, 0.6) is 0 Å². The Morgan fingerprint density at radius 2 is 1.88 bits per heavy atom. The molecular weight excluding hydrogens is 316 g/mol. The van der Waals surface area contributed by atoms with Gasteiger partial charge in [-0.05, 0) is 60.0 Å². The van der Waals surface area contributed by atoms with Crippen molar-refractivity contribution in [1.29, 1.82) is 0 Å². The summed E-state index contributed by atoms with van der Waals surface area (Å²) < 4.78 is 6.42. The van der Waals surface area contributed by atoms with Crippen LogP contribution in [0.4, 0.5) is 0 Å². The van der Waals surface area contributed by atoms with Gasteiger partial charge >= 0.3 is 0 Å². The van der Waals surface area contributed by atoms with Gasteiger partial charge < -0.3 is 4.74 Å². The van der Waals surface area contributed by atoms with Crippen molar-refractivity contribution in [1.82, 2.24) is 0 Å². The molecule has 0 spiro atoms. The summed E-state index contributed by atoms with van der Waals surface area (Å²) in [4.78, 5) is 0. The summed E-state index contributed by atoms with van der Waals surface area (Å²) in [5, 5.41) is 0. The first-order chi connectivity index (χ1) is 12.5. The van der Waals surface area contributed by atoms with Crippen LogP contribution in [0.3, 0.4) is 0 Å². The Hall–Kier alpha value is -1.08. The minimum Gasteiger partial charge on any atom is -0.369 e. The molecule has 0 radical (unpaired) electrons. The van der Waals surface area contributed by atoms with E-state index in [1.165, 1.54) is 50.5 Å². The summed E-state index contributed by atoms with van der Waals surface area (Å²) in [5.74, 6) is 2.47. The van der Waals surface area contributed by atoms with Crippen LogP contribution in [-0.2, 0) is 11.3 Å². The lowest BCUT2D eigenvalue weighted by atomic mass is 9.62. The zero-order valence-corrected chi connectivity index (χ0v) is 17.3. The van der Waals surface area contributed by atoms with Crippen molar-refractivity contribution in [2.75, 3.05) is 0 Å². The van der Waals surface area contributed by atoms with Crippen LogP contribution in [-0.4, -0.2) is 6.10 Å². The molecule has 0 saturated heterocycles. The van der Waals surface area contributed by atoms with Crippen molar-refractivity contribution in [2.45, 2.75) is 85.4 Å². The van der Waals surface area contributed by atoms with Gasteiger partial charge in [-0.3, -0.25) is 0 Å². The van der Waals surface area contributed by atoms with E-state index in [9.17, 15) is 0 Å². The van der Waals surface area contributed by atoms with E-state index in [4.69, 9.17) is 4.74 Å². The molecule has 1 aromatic rings. The lowest BCUT2D eigenvalue weighted by Crippen LogP contribution is -2.38. The van der Waals surface area contributed by atoms with Gasteiger partial charge in [0.05, 0.1) is 12.7 Å². The molecule has 4 atom stereocenters. The lowest BCUT2D eigenvalue weighted by Gasteiger charge is -2.44. The Bertz CT molecular complexity index is 587. The predicted molar refractivity (Wildman–Crippen MR) is 111 cm³/mol. The summed E-state index contributed by atoms with van der Waals surface area (Å²) in [6.07, 6.45) is 12.1. The highest BCUT2D eigenvalue weighted by molar-refractivity contribution is 5.28. The molecule has 0 amide bonds. The van der Waals surface area contributed by atoms with Crippen LogP contribution in [0.15, 0.2) is 42.0 Å². The van der Waals surface area contributed by atoms with Crippen molar-refractivity contribution in [3.05, 3.63) is 47.5 Å². The van der Waals surface area contributed by atoms with Gasteiger partial charge in [-0.25, -0.2) is 0 Å². The van der Waals surface area contributed by atoms with Gasteiger partial charge in [-0.2, -0.15) is 0 Å². The van der Waals surface area contributed by atoms with Crippen molar-refractivity contribution in [3.63, 3.8) is 0 Å². The van der Waals surface area contributed by atoms with Crippen molar-refractivity contribution >= 4 is 0 Å². The van der Waals surface area contributed by atoms with E-state index in [-0.39, 0.29) is 0 Å². The lowest BCUT2D eigenvalue weighted by molar-refractivity contribution is 0.0124. The molecule has 1 saturated carbocycles. The Morgan fingerprint density at radius 1 is 1.12 bits per heavy atom. The zero-order valence-electron chi connectivity index (χ0n) is 17.3. The molecule has 26 heavy (non-hydrogen) atoms. The third-order valence-electron chi connectivity index (χ3n) is 7.00. The Labute approximate surface area is 161 Å². The molecule has 2 aliphatic rings. The van der Waals surface area contributed by atoms with Crippen LogP contribution < -0.4 is 0 Å². The van der Waals surface area contributed by atoms with Crippen molar-refractivity contribution in [3.8, 4) is 0 Å². The van der Waals surface area contributed by atoms with E-state index in [0.717, 1.165) is 24.4 Å². The second-order valence-corrected chi connectivity index (χ2v) is 9.40. The molecule has 3 rings (SSSR count). The number of ether oxygens (including phenoxy) is 1. The molecule has 0 aliphatic heterocycles. The van der Waals surface area contributed by atoms with E-state index in [1.54, 1.807) is 5.57 Å². The molecule has 0 heterocycles. The summed E-state index contributed by atoms with van der Waals surface area (Å²) in [6, 6.07) is 10.6. The molecule has 1 nitrogen and oxygen atoms in total. The monoisotopic (exact) mass is 354 g/mol. The largest absolute Gasteiger partial charge is 0.369 e. The maximum absolute atomic E-state index is 6.42. The fourth-order valence-corrected chi connectivity index (χ4v) is 5.45. The fourth-order valence-electron chi connectivity index (χ4n) is 5.45. The number of allylic oxidation sites excluding steroid dienone is 1. The van der Waals surface area contributed by atoms with Gasteiger partial charge in [0, 0.05) is 0 Å². The Balaban J connectivity index is 1.60. The fraction of sp³-hybridized carbons (Fsp3) is 0.680. The normalized spacial score (nSPS) is 29.5. The van der Waals surface area contributed by atoms with Crippen LogP contribution in [0.25, 0.3) is 0 Å². The molecule has 1 fully saturated rings.